The van der Waals surface area contributed by atoms with Gasteiger partial charge in [-0.05, 0) is 48.2 Å². The average molecular weight is 405 g/mol. The van der Waals surface area contributed by atoms with E-state index in [4.69, 9.17) is 5.11 Å². The first-order chi connectivity index (χ1) is 14.5. The molecule has 0 saturated heterocycles. The number of para-hydroxylation sites is 2. The van der Waals surface area contributed by atoms with Gasteiger partial charge < -0.3 is 15.7 Å². The molecule has 4 rings (SSSR count). The Morgan fingerprint density at radius 2 is 1.83 bits per heavy atom. The van der Waals surface area contributed by atoms with Gasteiger partial charge in [0.25, 0.3) is 5.91 Å². The van der Waals surface area contributed by atoms with Crippen LogP contribution in [-0.4, -0.2) is 32.7 Å². The predicted molar refractivity (Wildman–Crippen MR) is 110 cm³/mol. The molecule has 4 N–H and O–H groups in total. The van der Waals surface area contributed by atoms with E-state index in [1.54, 1.807) is 42.6 Å². The molecule has 3 amide bonds. The van der Waals surface area contributed by atoms with E-state index < -0.39 is 6.09 Å². The van der Waals surface area contributed by atoms with Crippen LogP contribution < -0.4 is 16.0 Å². The maximum atomic E-state index is 12.7. The number of hydrogen-bond donors (Lipinski definition) is 4. The molecule has 1 unspecified atom stereocenters. The Kier molecular flexibility index (Phi) is 5.17. The maximum absolute atomic E-state index is 12.7. The summed E-state index contributed by atoms with van der Waals surface area (Å²) in [7, 11) is 0. The monoisotopic (exact) mass is 405 g/mol. The number of nitrogens with zero attached hydrogens (tertiary/aromatic N) is 2. The molecule has 0 bridgehead atoms. The Balaban J connectivity index is 1.48. The fourth-order valence-corrected chi connectivity index (χ4v) is 3.52. The van der Waals surface area contributed by atoms with Gasteiger partial charge in [0.1, 0.15) is 6.33 Å². The molecule has 0 aliphatic heterocycles. The highest BCUT2D eigenvalue weighted by atomic mass is 16.4. The van der Waals surface area contributed by atoms with E-state index in [0.717, 1.165) is 24.0 Å². The second-order valence-corrected chi connectivity index (χ2v) is 6.85. The van der Waals surface area contributed by atoms with Crippen molar-refractivity contribution >= 4 is 29.4 Å². The van der Waals surface area contributed by atoms with Crippen LogP contribution in [-0.2, 0) is 6.42 Å². The van der Waals surface area contributed by atoms with Crippen LogP contribution in [0.15, 0.2) is 61.2 Å². The van der Waals surface area contributed by atoms with Crippen molar-refractivity contribution in [1.82, 2.24) is 14.9 Å². The second kappa shape index (κ2) is 8.08. The third-order valence-electron chi connectivity index (χ3n) is 4.94. The summed E-state index contributed by atoms with van der Waals surface area (Å²) >= 11 is 0. The molecular weight excluding hydrogens is 386 g/mol. The average Bonchev–Trinajstić information content (AvgIpc) is 3.39. The highest BCUT2D eigenvalue weighted by molar-refractivity contribution is 6.07. The lowest BCUT2D eigenvalue weighted by Crippen LogP contribution is -2.30. The highest BCUT2D eigenvalue weighted by Gasteiger charge is 2.25. The molecule has 9 nitrogen and oxygen atoms in total. The molecule has 0 saturated carbocycles. The van der Waals surface area contributed by atoms with Gasteiger partial charge in [0, 0.05) is 18.0 Å². The van der Waals surface area contributed by atoms with Crippen molar-refractivity contribution in [2.24, 2.45) is 0 Å². The molecule has 0 fully saturated rings. The van der Waals surface area contributed by atoms with E-state index in [1.165, 1.54) is 17.1 Å². The van der Waals surface area contributed by atoms with Crippen LogP contribution in [0.5, 0.6) is 0 Å². The van der Waals surface area contributed by atoms with Gasteiger partial charge in [0.05, 0.1) is 17.4 Å². The predicted octanol–water partition coefficient (Wildman–Crippen LogP) is 3.47. The summed E-state index contributed by atoms with van der Waals surface area (Å²) in [6.07, 6.45) is 4.83. The van der Waals surface area contributed by atoms with Crippen molar-refractivity contribution in [2.75, 3.05) is 10.6 Å². The summed E-state index contributed by atoms with van der Waals surface area (Å²) in [6.45, 7) is 0. The fraction of sp³-hybridized carbons (Fsp3) is 0.143. The Labute approximate surface area is 171 Å². The van der Waals surface area contributed by atoms with Gasteiger partial charge in [-0.15, -0.1) is 0 Å². The zero-order valence-electron chi connectivity index (χ0n) is 15.8. The molecule has 1 heterocycles. The fourth-order valence-electron chi connectivity index (χ4n) is 3.52. The van der Waals surface area contributed by atoms with Gasteiger partial charge in [-0.2, -0.15) is 0 Å². The van der Waals surface area contributed by atoms with Crippen molar-refractivity contribution < 1.29 is 19.5 Å². The normalized spacial score (nSPS) is 14.6. The van der Waals surface area contributed by atoms with Gasteiger partial charge in [-0.1, -0.05) is 18.2 Å². The topological polar surface area (TPSA) is 125 Å². The Morgan fingerprint density at radius 3 is 2.53 bits per heavy atom. The van der Waals surface area contributed by atoms with Crippen molar-refractivity contribution in [3.05, 3.63) is 77.9 Å². The lowest BCUT2D eigenvalue weighted by atomic mass is 10.0. The number of aryl methyl sites for hydroxylation is 1. The van der Waals surface area contributed by atoms with E-state index >= 15 is 0 Å². The molecule has 3 aromatic rings. The Hall–Kier alpha value is -4.14. The minimum Gasteiger partial charge on any atom is -0.465 e. The lowest BCUT2D eigenvalue weighted by Gasteiger charge is -2.15. The van der Waals surface area contributed by atoms with Gasteiger partial charge in [-0.25, -0.2) is 14.6 Å². The number of anilines is 2. The smallest absolute Gasteiger partial charge is 0.409 e. The van der Waals surface area contributed by atoms with Gasteiger partial charge in [-0.3, -0.25) is 14.7 Å². The standard InChI is InChI=1S/C21H19N5O4/c27-19(23-17-3-1-2-4-18(17)25-21(29)30)14-5-7-15-13(11-14)6-8-16(15)24-20(28)26-10-9-22-12-26/h1-5,7,9-12,16,25H,6,8H2,(H,23,27)(H,24,28)(H,29,30). The lowest BCUT2D eigenvalue weighted by molar-refractivity contribution is 0.102. The van der Waals surface area contributed by atoms with Crippen molar-refractivity contribution in [1.29, 1.82) is 0 Å². The number of carbonyl (C=O) groups is 3. The van der Waals surface area contributed by atoms with Crippen LogP contribution in [0.3, 0.4) is 0 Å². The summed E-state index contributed by atoms with van der Waals surface area (Å²) in [5.74, 6) is -0.344. The van der Waals surface area contributed by atoms with Gasteiger partial charge in [0.15, 0.2) is 0 Å². The number of nitrogens with one attached hydrogen (secondary N) is 3. The minimum absolute atomic E-state index is 0.132. The summed E-state index contributed by atoms with van der Waals surface area (Å²) in [6, 6.07) is 11.5. The zero-order valence-corrected chi connectivity index (χ0v) is 15.8. The van der Waals surface area contributed by atoms with Gasteiger partial charge >= 0.3 is 12.1 Å². The minimum atomic E-state index is -1.21. The van der Waals surface area contributed by atoms with Crippen LogP contribution >= 0.6 is 0 Å². The number of carboxylic acid groups (broad SMARTS) is 1. The molecule has 0 radical (unpaired) electrons. The summed E-state index contributed by atoms with van der Waals surface area (Å²) < 4.78 is 1.38. The first-order valence-corrected chi connectivity index (χ1v) is 9.33. The highest BCUT2D eigenvalue weighted by Crippen LogP contribution is 2.32. The molecule has 1 atom stereocenters. The zero-order chi connectivity index (χ0) is 21.1. The summed E-state index contributed by atoms with van der Waals surface area (Å²) in [5.41, 5.74) is 3.10. The van der Waals surface area contributed by atoms with E-state index in [2.05, 4.69) is 20.9 Å². The van der Waals surface area contributed by atoms with Crippen LogP contribution in [0.2, 0.25) is 0 Å². The largest absolute Gasteiger partial charge is 0.465 e. The maximum Gasteiger partial charge on any atom is 0.409 e. The van der Waals surface area contributed by atoms with Crippen molar-refractivity contribution in [3.8, 4) is 0 Å². The third kappa shape index (κ3) is 4.00. The Morgan fingerprint density at radius 1 is 1.07 bits per heavy atom. The second-order valence-electron chi connectivity index (χ2n) is 6.85. The van der Waals surface area contributed by atoms with Crippen LogP contribution in [0.25, 0.3) is 0 Å². The quantitative estimate of drug-likeness (QED) is 0.529. The first kappa shape index (κ1) is 19.2. The molecule has 1 aromatic heterocycles. The molecule has 9 heteroatoms. The summed E-state index contributed by atoms with van der Waals surface area (Å²) in [4.78, 5) is 39.8. The number of carbonyl (C=O) groups excluding carboxylic acids is 2. The third-order valence-corrected chi connectivity index (χ3v) is 4.94. The number of fused-ring (bicyclic) bond motifs is 1. The molecule has 1 aliphatic rings. The SMILES string of the molecule is O=C(O)Nc1ccccc1NC(=O)c1ccc2c(c1)CCC2NC(=O)n1ccnc1. The molecule has 30 heavy (non-hydrogen) atoms. The number of amides is 3. The van der Waals surface area contributed by atoms with Gasteiger partial charge in [0.2, 0.25) is 0 Å². The van der Waals surface area contributed by atoms with E-state index in [-0.39, 0.29) is 18.0 Å². The first-order valence-electron chi connectivity index (χ1n) is 9.33. The number of benzene rings is 2. The van der Waals surface area contributed by atoms with Crippen LogP contribution in [0, 0.1) is 0 Å². The van der Waals surface area contributed by atoms with Crippen molar-refractivity contribution in [3.63, 3.8) is 0 Å². The van der Waals surface area contributed by atoms with E-state index in [9.17, 15) is 14.4 Å². The number of rotatable bonds is 4. The van der Waals surface area contributed by atoms with Crippen LogP contribution in [0.1, 0.15) is 33.9 Å². The number of hydrogen-bond acceptors (Lipinski definition) is 4. The molecule has 152 valence electrons. The summed E-state index contributed by atoms with van der Waals surface area (Å²) in [5, 5.41) is 16.9. The number of aromatic nitrogens is 2. The van der Waals surface area contributed by atoms with E-state index in [0.29, 0.717) is 16.9 Å². The van der Waals surface area contributed by atoms with Crippen molar-refractivity contribution in [2.45, 2.75) is 18.9 Å². The van der Waals surface area contributed by atoms with Crippen LogP contribution in [0.4, 0.5) is 21.0 Å². The molecular formula is C21H19N5O4. The molecule has 1 aliphatic carbocycles. The molecule has 0 spiro atoms. The molecule has 2 aromatic carbocycles. The number of imidazole rings is 1. The van der Waals surface area contributed by atoms with E-state index in [1.807, 2.05) is 6.07 Å². The Bertz CT molecular complexity index is 1110.